The molecule has 1 aliphatic rings. The number of hydrogen-bond donors (Lipinski definition) is 1. The van der Waals surface area contributed by atoms with E-state index in [2.05, 4.69) is 11.5 Å². The zero-order valence-corrected chi connectivity index (χ0v) is 19.7. The maximum atomic E-state index is 14.1. The molecule has 1 heterocycles. The van der Waals surface area contributed by atoms with Crippen LogP contribution in [0.5, 0.6) is 0 Å². The molecule has 0 amide bonds. The Bertz CT molecular complexity index is 860. The third-order valence-electron chi connectivity index (χ3n) is 6.04. The van der Waals surface area contributed by atoms with Crippen molar-refractivity contribution in [2.75, 3.05) is 6.61 Å². The first kappa shape index (κ1) is 25.5. The molecule has 1 saturated carbocycles. The highest BCUT2D eigenvalue weighted by Gasteiger charge is 2.52. The highest BCUT2D eigenvalue weighted by atomic mass is 79.9. The van der Waals surface area contributed by atoms with E-state index in [4.69, 9.17) is 4.74 Å². The lowest BCUT2D eigenvalue weighted by molar-refractivity contribution is -0.702. The first-order valence-electron chi connectivity index (χ1n) is 10.7. The maximum Gasteiger partial charge on any atom is 0.343 e. The van der Waals surface area contributed by atoms with Crippen molar-refractivity contribution in [3.8, 4) is 0 Å². The summed E-state index contributed by atoms with van der Waals surface area (Å²) in [7, 11) is 0. The van der Waals surface area contributed by atoms with Crippen LogP contribution in [0, 0.1) is 12.8 Å². The van der Waals surface area contributed by atoms with Gasteiger partial charge in [0, 0.05) is 25.7 Å². The maximum absolute atomic E-state index is 14.1. The molecule has 172 valence electrons. The number of halogens is 3. The molecule has 8 heteroatoms. The molecule has 1 aromatic carbocycles. The van der Waals surface area contributed by atoms with E-state index in [1.807, 2.05) is 23.9 Å². The van der Waals surface area contributed by atoms with E-state index in [0.717, 1.165) is 18.8 Å². The van der Waals surface area contributed by atoms with Gasteiger partial charge in [-0.15, -0.1) is 0 Å². The fourth-order valence-corrected chi connectivity index (χ4v) is 4.34. The molecule has 31 heavy (non-hydrogen) atoms. The Hall–Kier alpha value is -1.80. The van der Waals surface area contributed by atoms with Gasteiger partial charge >= 0.3 is 5.97 Å². The van der Waals surface area contributed by atoms with Gasteiger partial charge in [-0.05, 0) is 24.8 Å². The van der Waals surface area contributed by atoms with E-state index in [1.54, 1.807) is 30.3 Å². The predicted molar refractivity (Wildman–Crippen MR) is 108 cm³/mol. The summed E-state index contributed by atoms with van der Waals surface area (Å²) in [5.41, 5.74) is -1.78. The highest BCUT2D eigenvalue weighted by Crippen LogP contribution is 2.45. The van der Waals surface area contributed by atoms with Crippen molar-refractivity contribution >= 4 is 5.97 Å². The number of imidazole rings is 1. The molecule has 1 fully saturated rings. The van der Waals surface area contributed by atoms with Crippen LogP contribution in [0.2, 0.25) is 0 Å². The van der Waals surface area contributed by atoms with Crippen molar-refractivity contribution < 1.29 is 45.0 Å². The molecule has 0 unspecified atom stereocenters. The van der Waals surface area contributed by atoms with Crippen LogP contribution in [0.3, 0.4) is 0 Å². The molecule has 3 rings (SSSR count). The number of hydrogen-bond acceptors (Lipinski definition) is 3. The molecule has 0 saturated heterocycles. The molecule has 2 aromatic rings. The lowest BCUT2D eigenvalue weighted by Gasteiger charge is -2.39. The summed E-state index contributed by atoms with van der Waals surface area (Å²) in [4.78, 5) is 13.0. The second-order valence-corrected chi connectivity index (χ2v) is 8.15. The summed E-state index contributed by atoms with van der Waals surface area (Å²) < 4.78 is 37.7. The number of carbonyl (C=O) groups excluding carboxylic acids is 1. The molecule has 0 aliphatic heterocycles. The zero-order valence-electron chi connectivity index (χ0n) is 18.1. The number of aromatic nitrogens is 2. The molecule has 5 nitrogen and oxygen atoms in total. The van der Waals surface area contributed by atoms with E-state index in [1.165, 1.54) is 0 Å². The summed E-state index contributed by atoms with van der Waals surface area (Å²) in [6.07, 6.45) is 4.79. The largest absolute Gasteiger partial charge is 1.00 e. The smallest absolute Gasteiger partial charge is 0.343 e. The van der Waals surface area contributed by atoms with Crippen LogP contribution in [0.1, 0.15) is 50.4 Å². The lowest BCUT2D eigenvalue weighted by Crippen LogP contribution is -3.00. The Balaban J connectivity index is 0.00000341. The molecule has 0 bridgehead atoms. The van der Waals surface area contributed by atoms with Crippen molar-refractivity contribution in [3.05, 3.63) is 54.1 Å². The molecule has 1 N–H and O–H groups in total. The second-order valence-electron chi connectivity index (χ2n) is 8.15. The van der Waals surface area contributed by atoms with Crippen molar-refractivity contribution in [1.82, 2.24) is 4.57 Å². The van der Waals surface area contributed by atoms with Crippen molar-refractivity contribution in [3.63, 3.8) is 0 Å². The van der Waals surface area contributed by atoms with Crippen LogP contribution < -0.4 is 21.5 Å². The van der Waals surface area contributed by atoms with E-state index in [-0.39, 0.29) is 36.4 Å². The van der Waals surface area contributed by atoms with Gasteiger partial charge in [-0.1, -0.05) is 37.3 Å². The van der Waals surface area contributed by atoms with Crippen LogP contribution in [0.4, 0.5) is 8.78 Å². The third kappa shape index (κ3) is 5.71. The topological polar surface area (TPSA) is 55.3 Å². The van der Waals surface area contributed by atoms with E-state index < -0.39 is 29.8 Å². The van der Waals surface area contributed by atoms with Gasteiger partial charge < -0.3 is 26.8 Å². The Labute approximate surface area is 192 Å². The number of rotatable bonds is 8. The average Bonchev–Trinajstić information content (AvgIpc) is 3.07. The molecule has 0 spiro atoms. The minimum absolute atomic E-state index is 0. The summed E-state index contributed by atoms with van der Waals surface area (Å²) in [5.74, 6) is -3.60. The standard InChI is InChI=1S/C23H31F2N2O3.BrH/c1-3-12-26-13-14-27(18(26)2)15-16-30-21(28)23(29,19-8-5-4-6-9-19)20-10-7-11-22(24,25)17-20;/h4-6,8-9,13-14,20,29H,3,7,10-12,15-17H2,1-2H3;1H/q+1;/p-1/t20-,23-;/m0./s1. The monoisotopic (exact) mass is 500 g/mol. The Kier molecular flexibility index (Phi) is 8.77. The Morgan fingerprint density at radius 1 is 1.35 bits per heavy atom. The van der Waals surface area contributed by atoms with Gasteiger partial charge in [0.1, 0.15) is 25.5 Å². The normalized spacial score (nSPS) is 19.8. The van der Waals surface area contributed by atoms with E-state index >= 15 is 0 Å². The van der Waals surface area contributed by atoms with Gasteiger partial charge in [0.2, 0.25) is 5.92 Å². The minimum atomic E-state index is -2.89. The number of nitrogens with zero attached hydrogens (tertiary/aromatic N) is 2. The fourth-order valence-electron chi connectivity index (χ4n) is 4.34. The van der Waals surface area contributed by atoms with E-state index in [9.17, 15) is 18.7 Å². The van der Waals surface area contributed by atoms with Gasteiger partial charge in [-0.3, -0.25) is 0 Å². The van der Waals surface area contributed by atoms with Gasteiger partial charge in [-0.2, -0.15) is 0 Å². The Morgan fingerprint density at radius 2 is 2.06 bits per heavy atom. The van der Waals surface area contributed by atoms with Gasteiger partial charge in [0.05, 0.1) is 6.54 Å². The van der Waals surface area contributed by atoms with Crippen LogP contribution >= 0.6 is 0 Å². The number of alkyl halides is 2. The van der Waals surface area contributed by atoms with Crippen molar-refractivity contribution in [2.24, 2.45) is 5.92 Å². The summed E-state index contributed by atoms with van der Waals surface area (Å²) in [6, 6.07) is 8.31. The van der Waals surface area contributed by atoms with E-state index in [0.29, 0.717) is 18.5 Å². The van der Waals surface area contributed by atoms with Crippen LogP contribution in [0.25, 0.3) is 0 Å². The van der Waals surface area contributed by atoms with Crippen molar-refractivity contribution in [1.29, 1.82) is 0 Å². The molecule has 1 aliphatic carbocycles. The number of aliphatic hydroxyl groups is 1. The first-order valence-corrected chi connectivity index (χ1v) is 10.7. The van der Waals surface area contributed by atoms with Crippen LogP contribution in [0.15, 0.2) is 42.7 Å². The number of carbonyl (C=O) groups is 1. The molecular weight excluding hydrogens is 470 g/mol. The quantitative estimate of drug-likeness (QED) is 0.430. The van der Waals surface area contributed by atoms with Crippen molar-refractivity contribution in [2.45, 2.75) is 70.6 Å². The fraction of sp³-hybridized carbons (Fsp3) is 0.565. The number of ether oxygens (including phenoxy) is 1. The zero-order chi connectivity index (χ0) is 21.8. The summed E-state index contributed by atoms with van der Waals surface area (Å²) >= 11 is 0. The van der Waals surface area contributed by atoms with Gasteiger partial charge in [0.25, 0.3) is 5.82 Å². The molecule has 1 aromatic heterocycles. The SMILES string of the molecule is CCC[n+]1ccn(CCOC(=O)[C@](O)(c2ccccc2)[C@H]2CCCC(F)(F)C2)c1C.[Br-]. The predicted octanol–water partition coefficient (Wildman–Crippen LogP) is 0.755. The first-order chi connectivity index (χ1) is 14.3. The summed E-state index contributed by atoms with van der Waals surface area (Å²) in [5, 5.41) is 11.4. The third-order valence-corrected chi connectivity index (χ3v) is 6.04. The van der Waals surface area contributed by atoms with Gasteiger partial charge in [-0.25, -0.2) is 22.7 Å². The lowest BCUT2D eigenvalue weighted by atomic mass is 9.72. The summed E-state index contributed by atoms with van der Waals surface area (Å²) in [6.45, 7) is 5.48. The number of aryl methyl sites for hydroxylation is 1. The highest BCUT2D eigenvalue weighted by molar-refractivity contribution is 5.81. The Morgan fingerprint density at radius 3 is 2.71 bits per heavy atom. The van der Waals surface area contributed by atoms with Crippen LogP contribution in [-0.4, -0.2) is 28.2 Å². The number of benzene rings is 1. The molecular formula is C23H31BrF2N2O3. The van der Waals surface area contributed by atoms with Crippen LogP contribution in [-0.2, 0) is 28.2 Å². The number of esters is 1. The van der Waals surface area contributed by atoms with Gasteiger partial charge in [0.15, 0.2) is 5.60 Å². The molecule has 0 radical (unpaired) electrons. The minimum Gasteiger partial charge on any atom is -1.00 e. The average molecular weight is 501 g/mol. The second kappa shape index (κ2) is 10.7. The molecule has 2 atom stereocenters.